The minimum absolute atomic E-state index is 0.0402. The minimum Gasteiger partial charge on any atom is -0.497 e. The quantitative estimate of drug-likeness (QED) is 0.526. The maximum absolute atomic E-state index is 12.7. The number of ether oxygens (including phenoxy) is 4. The summed E-state index contributed by atoms with van der Waals surface area (Å²) in [5.41, 5.74) is 1.10. The van der Waals surface area contributed by atoms with Gasteiger partial charge in [-0.25, -0.2) is 4.79 Å². The first-order valence-electron chi connectivity index (χ1n) is 9.70. The highest BCUT2D eigenvalue weighted by atomic mass is 16.7. The number of amides is 1. The Morgan fingerprint density at radius 3 is 2.53 bits per heavy atom. The lowest BCUT2D eigenvalue weighted by Crippen LogP contribution is -2.28. The van der Waals surface area contributed by atoms with E-state index >= 15 is 0 Å². The first kappa shape index (κ1) is 21.2. The molecule has 2 aromatic rings. The van der Waals surface area contributed by atoms with Crippen LogP contribution < -0.4 is 19.5 Å². The molecule has 7 heteroatoms. The normalized spacial score (nSPS) is 12.6. The average Bonchev–Trinajstić information content (AvgIpc) is 3.20. The lowest BCUT2D eigenvalue weighted by atomic mass is 10.1. The molecule has 7 nitrogen and oxygen atoms in total. The first-order valence-corrected chi connectivity index (χ1v) is 9.70. The SMILES string of the molecule is COc1ccc(C(=O)N/C(=C\c2ccc3c(c2)OCO3)C(=O)OCCC(C)C)cc1. The maximum atomic E-state index is 12.7. The van der Waals surface area contributed by atoms with Gasteiger partial charge in [-0.1, -0.05) is 19.9 Å². The number of rotatable bonds is 8. The van der Waals surface area contributed by atoms with Gasteiger partial charge in [0.15, 0.2) is 11.5 Å². The Labute approximate surface area is 175 Å². The van der Waals surface area contributed by atoms with Gasteiger partial charge >= 0.3 is 5.97 Å². The zero-order valence-corrected chi connectivity index (χ0v) is 17.3. The van der Waals surface area contributed by atoms with Crippen molar-refractivity contribution < 1.29 is 28.5 Å². The van der Waals surface area contributed by atoms with Crippen LogP contribution in [0.5, 0.6) is 17.2 Å². The van der Waals surface area contributed by atoms with Crippen LogP contribution in [0.3, 0.4) is 0 Å². The zero-order chi connectivity index (χ0) is 21.5. The molecule has 0 spiro atoms. The van der Waals surface area contributed by atoms with Gasteiger partial charge in [0, 0.05) is 5.56 Å². The molecule has 1 aliphatic rings. The highest BCUT2D eigenvalue weighted by Gasteiger charge is 2.18. The van der Waals surface area contributed by atoms with Crippen LogP contribution in [-0.4, -0.2) is 32.4 Å². The molecule has 30 heavy (non-hydrogen) atoms. The Kier molecular flexibility index (Phi) is 6.95. The molecule has 0 radical (unpaired) electrons. The van der Waals surface area contributed by atoms with Crippen LogP contribution in [0.15, 0.2) is 48.2 Å². The lowest BCUT2D eigenvalue weighted by molar-refractivity contribution is -0.139. The van der Waals surface area contributed by atoms with Gasteiger partial charge in [-0.15, -0.1) is 0 Å². The molecule has 1 N–H and O–H groups in total. The summed E-state index contributed by atoms with van der Waals surface area (Å²) in [6.45, 7) is 4.51. The predicted octanol–water partition coefficient (Wildman–Crippen LogP) is 3.78. The molecule has 2 aromatic carbocycles. The topological polar surface area (TPSA) is 83.1 Å². The molecule has 0 aliphatic carbocycles. The molecule has 0 aromatic heterocycles. The van der Waals surface area contributed by atoms with Gasteiger partial charge in [0.05, 0.1) is 13.7 Å². The van der Waals surface area contributed by atoms with Crippen LogP contribution >= 0.6 is 0 Å². The fraction of sp³-hybridized carbons (Fsp3) is 0.304. The molecule has 0 fully saturated rings. The number of carbonyl (C=O) groups is 2. The number of esters is 1. The van der Waals surface area contributed by atoms with Gasteiger partial charge in [0.2, 0.25) is 6.79 Å². The first-order chi connectivity index (χ1) is 14.5. The molecule has 0 atom stereocenters. The van der Waals surface area contributed by atoms with Crippen molar-refractivity contribution in [1.29, 1.82) is 0 Å². The van der Waals surface area contributed by atoms with Crippen molar-refractivity contribution in [2.24, 2.45) is 5.92 Å². The summed E-state index contributed by atoms with van der Waals surface area (Å²) >= 11 is 0. The number of nitrogens with one attached hydrogen (secondary N) is 1. The monoisotopic (exact) mass is 411 g/mol. The standard InChI is InChI=1S/C23H25NO6/c1-15(2)10-11-28-23(26)19(12-16-4-9-20-21(13-16)30-14-29-20)24-22(25)17-5-7-18(27-3)8-6-17/h4-9,12-13,15H,10-11,14H2,1-3H3,(H,24,25)/b19-12-. The lowest BCUT2D eigenvalue weighted by Gasteiger charge is -2.12. The summed E-state index contributed by atoms with van der Waals surface area (Å²) in [6, 6.07) is 11.9. The Morgan fingerprint density at radius 1 is 1.10 bits per heavy atom. The van der Waals surface area contributed by atoms with E-state index in [0.29, 0.717) is 34.3 Å². The van der Waals surface area contributed by atoms with Crippen LogP contribution in [0.1, 0.15) is 36.2 Å². The fourth-order valence-electron chi connectivity index (χ4n) is 2.72. The number of fused-ring (bicyclic) bond motifs is 1. The van der Waals surface area contributed by atoms with Crippen molar-refractivity contribution >= 4 is 18.0 Å². The molecule has 3 rings (SSSR count). The summed E-state index contributed by atoms with van der Waals surface area (Å²) < 4.78 is 21.1. The van der Waals surface area contributed by atoms with Crippen molar-refractivity contribution in [2.45, 2.75) is 20.3 Å². The van der Waals surface area contributed by atoms with Crippen LogP contribution in [-0.2, 0) is 9.53 Å². The minimum atomic E-state index is -0.602. The van der Waals surface area contributed by atoms with E-state index in [4.69, 9.17) is 18.9 Å². The molecule has 1 amide bonds. The molecular weight excluding hydrogens is 386 g/mol. The predicted molar refractivity (Wildman–Crippen MR) is 111 cm³/mol. The largest absolute Gasteiger partial charge is 0.497 e. The summed E-state index contributed by atoms with van der Waals surface area (Å²) in [5.74, 6) is 1.22. The maximum Gasteiger partial charge on any atom is 0.354 e. The summed E-state index contributed by atoms with van der Waals surface area (Å²) in [5, 5.41) is 2.66. The van der Waals surface area contributed by atoms with Crippen LogP contribution in [0, 0.1) is 5.92 Å². The van der Waals surface area contributed by atoms with Gasteiger partial charge in [0.1, 0.15) is 11.4 Å². The van der Waals surface area contributed by atoms with E-state index in [2.05, 4.69) is 5.32 Å². The molecule has 1 aliphatic heterocycles. The van der Waals surface area contributed by atoms with E-state index in [-0.39, 0.29) is 19.1 Å². The van der Waals surface area contributed by atoms with Crippen molar-refractivity contribution in [3.63, 3.8) is 0 Å². The Balaban J connectivity index is 1.80. The molecular formula is C23H25NO6. The second kappa shape index (κ2) is 9.82. The van der Waals surface area contributed by atoms with E-state index in [0.717, 1.165) is 6.42 Å². The third kappa shape index (κ3) is 5.53. The molecule has 1 heterocycles. The van der Waals surface area contributed by atoms with Gasteiger partial charge in [-0.2, -0.15) is 0 Å². The van der Waals surface area contributed by atoms with Gasteiger partial charge in [0.25, 0.3) is 5.91 Å². The number of methoxy groups -OCH3 is 1. The van der Waals surface area contributed by atoms with Crippen LogP contribution in [0.4, 0.5) is 0 Å². The smallest absolute Gasteiger partial charge is 0.354 e. The highest BCUT2D eigenvalue weighted by molar-refractivity contribution is 6.03. The number of carbonyl (C=O) groups excluding carboxylic acids is 2. The fourth-order valence-corrected chi connectivity index (χ4v) is 2.72. The Bertz CT molecular complexity index is 933. The van der Waals surface area contributed by atoms with E-state index in [1.54, 1.807) is 55.7 Å². The molecule has 0 unspecified atom stereocenters. The van der Waals surface area contributed by atoms with Crippen molar-refractivity contribution in [1.82, 2.24) is 5.32 Å². The molecule has 0 bridgehead atoms. The van der Waals surface area contributed by atoms with Gasteiger partial charge in [-0.05, 0) is 60.4 Å². The Hall–Kier alpha value is -3.48. The molecule has 158 valence electrons. The highest BCUT2D eigenvalue weighted by Crippen LogP contribution is 2.33. The third-order valence-corrected chi connectivity index (χ3v) is 4.46. The van der Waals surface area contributed by atoms with Crippen molar-refractivity contribution in [3.8, 4) is 17.2 Å². The van der Waals surface area contributed by atoms with Crippen LogP contribution in [0.2, 0.25) is 0 Å². The molecule has 0 saturated carbocycles. The molecule has 0 saturated heterocycles. The van der Waals surface area contributed by atoms with E-state index in [1.807, 2.05) is 13.8 Å². The second-order valence-electron chi connectivity index (χ2n) is 7.17. The summed E-state index contributed by atoms with van der Waals surface area (Å²) in [7, 11) is 1.55. The van der Waals surface area contributed by atoms with Crippen LogP contribution in [0.25, 0.3) is 6.08 Å². The third-order valence-electron chi connectivity index (χ3n) is 4.46. The van der Waals surface area contributed by atoms with Gasteiger partial charge < -0.3 is 24.3 Å². The number of hydrogen-bond acceptors (Lipinski definition) is 6. The summed E-state index contributed by atoms with van der Waals surface area (Å²) in [6.07, 6.45) is 2.29. The average molecular weight is 411 g/mol. The van der Waals surface area contributed by atoms with E-state index in [1.165, 1.54) is 0 Å². The van der Waals surface area contributed by atoms with Crippen molar-refractivity contribution in [3.05, 3.63) is 59.3 Å². The second-order valence-corrected chi connectivity index (χ2v) is 7.17. The Morgan fingerprint density at radius 2 is 1.83 bits per heavy atom. The van der Waals surface area contributed by atoms with Crippen molar-refractivity contribution in [2.75, 3.05) is 20.5 Å². The zero-order valence-electron chi connectivity index (χ0n) is 17.3. The van der Waals surface area contributed by atoms with E-state index < -0.39 is 11.9 Å². The summed E-state index contributed by atoms with van der Waals surface area (Å²) in [4.78, 5) is 25.3. The number of hydrogen-bond donors (Lipinski definition) is 1. The van der Waals surface area contributed by atoms with Gasteiger partial charge in [-0.3, -0.25) is 4.79 Å². The number of benzene rings is 2. The van der Waals surface area contributed by atoms with E-state index in [9.17, 15) is 9.59 Å².